The van der Waals surface area contributed by atoms with E-state index >= 15 is 0 Å². The summed E-state index contributed by atoms with van der Waals surface area (Å²) in [5.74, 6) is 0.0867. The molecule has 0 bridgehead atoms. The van der Waals surface area contributed by atoms with Gasteiger partial charge in [0.1, 0.15) is 0 Å². The van der Waals surface area contributed by atoms with Crippen LogP contribution >= 0.6 is 15.9 Å². The molecule has 1 fully saturated rings. The first-order valence-electron chi connectivity index (χ1n) is 9.58. The van der Waals surface area contributed by atoms with Crippen molar-refractivity contribution in [1.82, 2.24) is 14.8 Å². The van der Waals surface area contributed by atoms with E-state index < -0.39 is 0 Å². The van der Waals surface area contributed by atoms with Crippen molar-refractivity contribution in [1.29, 1.82) is 0 Å². The van der Waals surface area contributed by atoms with Crippen molar-refractivity contribution < 1.29 is 4.79 Å². The maximum atomic E-state index is 13.4. The Kier molecular flexibility index (Phi) is 5.21. The molecule has 0 unspecified atom stereocenters. The Bertz CT molecular complexity index is 1060. The standard InChI is InChI=1S/C23H24BrN3O/c1-15-4-5-17(12-16(15)2)22-14-20(19-13-18(24)6-7-21(19)25-22)23(28)27-10-8-26(3)9-11-27/h4-7,12-14H,8-11H2,1-3H3. The lowest BCUT2D eigenvalue weighted by Gasteiger charge is -2.32. The van der Waals surface area contributed by atoms with Crippen molar-refractivity contribution in [3.05, 3.63) is 63.6 Å². The molecule has 1 amide bonds. The molecule has 0 saturated carbocycles. The number of aryl methyl sites for hydroxylation is 2. The number of hydrogen-bond acceptors (Lipinski definition) is 3. The molecule has 0 N–H and O–H groups in total. The summed E-state index contributed by atoms with van der Waals surface area (Å²) < 4.78 is 0.952. The van der Waals surface area contributed by atoms with Crippen LogP contribution in [-0.4, -0.2) is 53.9 Å². The Morgan fingerprint density at radius 1 is 0.964 bits per heavy atom. The molecule has 4 rings (SSSR count). The molecule has 28 heavy (non-hydrogen) atoms. The van der Waals surface area contributed by atoms with Crippen LogP contribution in [0, 0.1) is 13.8 Å². The molecule has 5 heteroatoms. The molecule has 0 atom stereocenters. The molecule has 2 aromatic carbocycles. The SMILES string of the molecule is Cc1ccc(-c2cc(C(=O)N3CCN(C)CC3)c3cc(Br)ccc3n2)cc1C. The summed E-state index contributed by atoms with van der Waals surface area (Å²) in [4.78, 5) is 22.5. The lowest BCUT2D eigenvalue weighted by atomic mass is 10.00. The average molecular weight is 438 g/mol. The van der Waals surface area contributed by atoms with Gasteiger partial charge >= 0.3 is 0 Å². The molecule has 0 radical (unpaired) electrons. The highest BCUT2D eigenvalue weighted by Gasteiger charge is 2.23. The molecule has 0 spiro atoms. The number of benzene rings is 2. The number of amides is 1. The highest BCUT2D eigenvalue weighted by atomic mass is 79.9. The zero-order chi connectivity index (χ0) is 19.8. The summed E-state index contributed by atoms with van der Waals surface area (Å²) >= 11 is 3.54. The van der Waals surface area contributed by atoms with Gasteiger partial charge in [0.15, 0.2) is 0 Å². The second-order valence-corrected chi connectivity index (χ2v) is 8.53. The molecule has 0 aliphatic carbocycles. The molecule has 1 aliphatic heterocycles. The first kappa shape index (κ1) is 19.1. The quantitative estimate of drug-likeness (QED) is 0.584. The topological polar surface area (TPSA) is 36.4 Å². The number of rotatable bonds is 2. The van der Waals surface area contributed by atoms with Crippen LogP contribution in [0.3, 0.4) is 0 Å². The van der Waals surface area contributed by atoms with Gasteiger partial charge in [-0.05, 0) is 62.4 Å². The van der Waals surface area contributed by atoms with Crippen LogP contribution in [0.1, 0.15) is 21.5 Å². The van der Waals surface area contributed by atoms with Crippen molar-refractivity contribution in [2.45, 2.75) is 13.8 Å². The van der Waals surface area contributed by atoms with Crippen LogP contribution in [0.5, 0.6) is 0 Å². The zero-order valence-electron chi connectivity index (χ0n) is 16.5. The lowest BCUT2D eigenvalue weighted by molar-refractivity contribution is 0.0666. The first-order valence-corrected chi connectivity index (χ1v) is 10.4. The Balaban J connectivity index is 1.84. The van der Waals surface area contributed by atoms with Crippen LogP contribution in [-0.2, 0) is 0 Å². The zero-order valence-corrected chi connectivity index (χ0v) is 18.1. The summed E-state index contributed by atoms with van der Waals surface area (Å²) in [7, 11) is 2.10. The maximum Gasteiger partial charge on any atom is 0.254 e. The number of halogens is 1. The fourth-order valence-corrected chi connectivity index (χ4v) is 3.96. The number of aromatic nitrogens is 1. The Labute approximate surface area is 174 Å². The lowest BCUT2D eigenvalue weighted by Crippen LogP contribution is -2.47. The van der Waals surface area contributed by atoms with Crippen LogP contribution in [0.2, 0.25) is 0 Å². The molecule has 2 heterocycles. The maximum absolute atomic E-state index is 13.4. The van der Waals surface area contributed by atoms with Crippen LogP contribution in [0.4, 0.5) is 0 Å². The fraction of sp³-hybridized carbons (Fsp3) is 0.304. The van der Waals surface area contributed by atoms with E-state index in [9.17, 15) is 4.79 Å². The predicted molar refractivity (Wildman–Crippen MR) is 118 cm³/mol. The van der Waals surface area contributed by atoms with Crippen molar-refractivity contribution in [2.24, 2.45) is 0 Å². The fourth-order valence-electron chi connectivity index (χ4n) is 3.60. The number of piperazine rings is 1. The summed E-state index contributed by atoms with van der Waals surface area (Å²) in [6.07, 6.45) is 0. The highest BCUT2D eigenvalue weighted by molar-refractivity contribution is 9.10. The number of carbonyl (C=O) groups excluding carboxylic acids is 1. The van der Waals surface area contributed by atoms with Crippen molar-refractivity contribution in [2.75, 3.05) is 33.2 Å². The van der Waals surface area contributed by atoms with Crippen LogP contribution < -0.4 is 0 Å². The molecular formula is C23H24BrN3O. The molecule has 1 aromatic heterocycles. The minimum absolute atomic E-state index is 0.0867. The van der Waals surface area contributed by atoms with Crippen molar-refractivity contribution in [3.63, 3.8) is 0 Å². The van der Waals surface area contributed by atoms with Gasteiger partial charge in [-0.3, -0.25) is 4.79 Å². The van der Waals surface area contributed by atoms with Gasteiger partial charge in [-0.15, -0.1) is 0 Å². The number of carbonyl (C=O) groups is 1. The Morgan fingerprint density at radius 3 is 2.43 bits per heavy atom. The van der Waals surface area contributed by atoms with E-state index in [0.29, 0.717) is 0 Å². The van der Waals surface area contributed by atoms with Gasteiger partial charge in [0.2, 0.25) is 0 Å². The summed E-state index contributed by atoms with van der Waals surface area (Å²) in [5.41, 5.74) is 5.93. The summed E-state index contributed by atoms with van der Waals surface area (Å²) in [6, 6.07) is 14.2. The van der Waals surface area contributed by atoms with Crippen molar-refractivity contribution in [3.8, 4) is 11.3 Å². The number of pyridine rings is 1. The minimum Gasteiger partial charge on any atom is -0.336 e. The molecule has 4 nitrogen and oxygen atoms in total. The van der Waals surface area contributed by atoms with E-state index in [2.05, 4.69) is 59.9 Å². The Morgan fingerprint density at radius 2 is 1.71 bits per heavy atom. The third-order valence-electron chi connectivity index (χ3n) is 5.59. The van der Waals surface area contributed by atoms with E-state index in [4.69, 9.17) is 4.98 Å². The van der Waals surface area contributed by atoms with E-state index in [0.717, 1.165) is 58.4 Å². The summed E-state index contributed by atoms with van der Waals surface area (Å²) in [5, 5.41) is 0.894. The first-order chi connectivity index (χ1) is 13.4. The van der Waals surface area contributed by atoms with Gasteiger partial charge in [-0.2, -0.15) is 0 Å². The van der Waals surface area contributed by atoms with Gasteiger partial charge in [-0.1, -0.05) is 28.1 Å². The smallest absolute Gasteiger partial charge is 0.254 e. The number of fused-ring (bicyclic) bond motifs is 1. The van der Waals surface area contributed by atoms with Gasteiger partial charge in [0.05, 0.1) is 16.8 Å². The molecule has 3 aromatic rings. The second-order valence-electron chi connectivity index (χ2n) is 7.61. The third kappa shape index (κ3) is 3.69. The molecule has 1 saturated heterocycles. The summed E-state index contributed by atoms with van der Waals surface area (Å²) in [6.45, 7) is 7.53. The van der Waals surface area contributed by atoms with Gasteiger partial charge < -0.3 is 9.80 Å². The van der Waals surface area contributed by atoms with Gasteiger partial charge in [-0.25, -0.2) is 4.98 Å². The normalized spacial score (nSPS) is 15.2. The largest absolute Gasteiger partial charge is 0.336 e. The third-order valence-corrected chi connectivity index (χ3v) is 6.09. The number of likely N-dealkylation sites (N-methyl/N-ethyl adjacent to an activating group) is 1. The van der Waals surface area contributed by atoms with E-state index in [1.54, 1.807) is 0 Å². The molecular weight excluding hydrogens is 414 g/mol. The predicted octanol–water partition coefficient (Wildman–Crippen LogP) is 4.67. The molecule has 144 valence electrons. The Hall–Kier alpha value is -2.24. The average Bonchev–Trinajstić information content (AvgIpc) is 2.69. The second kappa shape index (κ2) is 7.64. The van der Waals surface area contributed by atoms with Gasteiger partial charge in [0.25, 0.3) is 5.91 Å². The van der Waals surface area contributed by atoms with E-state index in [1.165, 1.54) is 11.1 Å². The monoisotopic (exact) mass is 437 g/mol. The number of nitrogens with zero attached hydrogens (tertiary/aromatic N) is 3. The highest BCUT2D eigenvalue weighted by Crippen LogP contribution is 2.29. The van der Waals surface area contributed by atoms with Crippen molar-refractivity contribution >= 4 is 32.7 Å². The van der Waals surface area contributed by atoms with Gasteiger partial charge in [0, 0.05) is 41.6 Å². The van der Waals surface area contributed by atoms with E-state index in [-0.39, 0.29) is 5.91 Å². The van der Waals surface area contributed by atoms with Crippen LogP contribution in [0.15, 0.2) is 46.9 Å². The molecule has 1 aliphatic rings. The minimum atomic E-state index is 0.0867. The van der Waals surface area contributed by atoms with Crippen LogP contribution in [0.25, 0.3) is 22.2 Å². The number of hydrogen-bond donors (Lipinski definition) is 0. The van der Waals surface area contributed by atoms with E-state index in [1.807, 2.05) is 29.2 Å².